The average molecular weight is 276 g/mol. The van der Waals surface area contributed by atoms with Crippen LogP contribution in [-0.4, -0.2) is 25.6 Å². The molecule has 0 saturated heterocycles. The van der Waals surface area contributed by atoms with E-state index >= 15 is 0 Å². The molecule has 1 fully saturated rings. The highest BCUT2D eigenvalue weighted by molar-refractivity contribution is 5.76. The van der Waals surface area contributed by atoms with Gasteiger partial charge < -0.3 is 15.4 Å². The summed E-state index contributed by atoms with van der Waals surface area (Å²) in [6, 6.07) is 8.13. The van der Waals surface area contributed by atoms with Crippen LogP contribution in [0, 0.1) is 0 Å². The summed E-state index contributed by atoms with van der Waals surface area (Å²) in [6.45, 7) is 0.658. The Kier molecular flexibility index (Phi) is 5.71. The van der Waals surface area contributed by atoms with Gasteiger partial charge in [0.2, 0.25) is 5.91 Å². The van der Waals surface area contributed by atoms with Crippen LogP contribution in [0.3, 0.4) is 0 Å². The third-order valence-electron chi connectivity index (χ3n) is 3.74. The molecule has 1 aromatic carbocycles. The molecule has 20 heavy (non-hydrogen) atoms. The molecule has 2 rings (SSSR count). The van der Waals surface area contributed by atoms with Gasteiger partial charge in [0.1, 0.15) is 5.75 Å². The van der Waals surface area contributed by atoms with Gasteiger partial charge in [-0.2, -0.15) is 0 Å². The van der Waals surface area contributed by atoms with Crippen LogP contribution in [0.1, 0.15) is 38.5 Å². The van der Waals surface area contributed by atoms with Crippen molar-refractivity contribution in [2.75, 3.05) is 19.0 Å². The molecule has 2 N–H and O–H groups in total. The lowest BCUT2D eigenvalue weighted by molar-refractivity contribution is -0.121. The molecule has 0 bridgehead atoms. The van der Waals surface area contributed by atoms with Crippen molar-refractivity contribution in [3.8, 4) is 5.75 Å². The number of carbonyl (C=O) groups excluding carboxylic acids is 1. The monoisotopic (exact) mass is 276 g/mol. The Bertz CT molecular complexity index is 411. The fourth-order valence-corrected chi connectivity index (χ4v) is 2.58. The van der Waals surface area contributed by atoms with Crippen LogP contribution < -0.4 is 15.4 Å². The summed E-state index contributed by atoms with van der Waals surface area (Å²) >= 11 is 0. The van der Waals surface area contributed by atoms with Gasteiger partial charge in [-0.1, -0.05) is 19.3 Å². The van der Waals surface area contributed by atoms with Gasteiger partial charge in [0.25, 0.3) is 0 Å². The molecule has 0 aromatic heterocycles. The Morgan fingerprint density at radius 1 is 1.20 bits per heavy atom. The maximum Gasteiger partial charge on any atom is 0.221 e. The number of benzene rings is 1. The fourth-order valence-electron chi connectivity index (χ4n) is 2.58. The zero-order valence-corrected chi connectivity index (χ0v) is 12.2. The molecule has 0 aliphatic heterocycles. The highest BCUT2D eigenvalue weighted by Gasteiger charge is 2.15. The second-order valence-electron chi connectivity index (χ2n) is 5.31. The highest BCUT2D eigenvalue weighted by atomic mass is 16.5. The van der Waals surface area contributed by atoms with E-state index in [1.807, 2.05) is 24.3 Å². The highest BCUT2D eigenvalue weighted by Crippen LogP contribution is 2.17. The molecule has 1 amide bonds. The SMILES string of the molecule is COc1ccc(NCCC(=O)NC2CCCCC2)cc1. The minimum atomic E-state index is 0.151. The number of hydrogen-bond acceptors (Lipinski definition) is 3. The van der Waals surface area contributed by atoms with Gasteiger partial charge in [-0.3, -0.25) is 4.79 Å². The van der Waals surface area contributed by atoms with Crippen molar-refractivity contribution in [1.29, 1.82) is 0 Å². The van der Waals surface area contributed by atoms with Gasteiger partial charge in [0.15, 0.2) is 0 Å². The number of amides is 1. The Morgan fingerprint density at radius 3 is 2.55 bits per heavy atom. The molecular weight excluding hydrogens is 252 g/mol. The quantitative estimate of drug-likeness (QED) is 0.840. The first kappa shape index (κ1) is 14.7. The van der Waals surface area contributed by atoms with Crippen LogP contribution in [0.15, 0.2) is 24.3 Å². The second kappa shape index (κ2) is 7.78. The van der Waals surface area contributed by atoms with E-state index in [0.29, 0.717) is 19.0 Å². The number of hydrogen-bond donors (Lipinski definition) is 2. The first-order valence-electron chi connectivity index (χ1n) is 7.45. The van der Waals surface area contributed by atoms with Gasteiger partial charge in [-0.25, -0.2) is 0 Å². The standard InChI is InChI=1S/C16H24N2O2/c1-20-15-9-7-13(8-10-15)17-12-11-16(19)18-14-5-3-2-4-6-14/h7-10,14,17H,2-6,11-12H2,1H3,(H,18,19). The molecule has 1 aliphatic rings. The fraction of sp³-hybridized carbons (Fsp3) is 0.562. The maximum atomic E-state index is 11.8. The lowest BCUT2D eigenvalue weighted by Crippen LogP contribution is -2.36. The summed E-state index contributed by atoms with van der Waals surface area (Å²) < 4.78 is 5.10. The lowest BCUT2D eigenvalue weighted by atomic mass is 9.95. The van der Waals surface area contributed by atoms with Crippen LogP contribution in [0.2, 0.25) is 0 Å². The molecule has 1 aromatic rings. The van der Waals surface area contributed by atoms with Crippen molar-refractivity contribution >= 4 is 11.6 Å². The zero-order chi connectivity index (χ0) is 14.2. The first-order chi connectivity index (χ1) is 9.78. The predicted octanol–water partition coefficient (Wildman–Crippen LogP) is 2.95. The Labute approximate surface area is 120 Å². The zero-order valence-electron chi connectivity index (χ0n) is 12.2. The summed E-state index contributed by atoms with van der Waals surface area (Å²) in [4.78, 5) is 11.8. The van der Waals surface area contributed by atoms with E-state index in [2.05, 4.69) is 10.6 Å². The first-order valence-corrected chi connectivity index (χ1v) is 7.45. The minimum Gasteiger partial charge on any atom is -0.497 e. The minimum absolute atomic E-state index is 0.151. The van der Waals surface area contributed by atoms with Gasteiger partial charge in [-0.05, 0) is 37.1 Å². The molecular formula is C16H24N2O2. The summed E-state index contributed by atoms with van der Waals surface area (Å²) in [5.41, 5.74) is 1.01. The van der Waals surface area contributed by atoms with Crippen molar-refractivity contribution in [2.24, 2.45) is 0 Å². The number of nitrogens with one attached hydrogen (secondary N) is 2. The topological polar surface area (TPSA) is 50.4 Å². The van der Waals surface area contributed by atoms with Crippen molar-refractivity contribution in [3.05, 3.63) is 24.3 Å². The molecule has 0 unspecified atom stereocenters. The van der Waals surface area contributed by atoms with Crippen LogP contribution in [-0.2, 0) is 4.79 Å². The van der Waals surface area contributed by atoms with Crippen LogP contribution in [0.4, 0.5) is 5.69 Å². The third-order valence-corrected chi connectivity index (χ3v) is 3.74. The molecule has 0 spiro atoms. The van der Waals surface area contributed by atoms with E-state index in [0.717, 1.165) is 24.3 Å². The molecule has 1 saturated carbocycles. The van der Waals surface area contributed by atoms with Gasteiger partial charge in [-0.15, -0.1) is 0 Å². The largest absolute Gasteiger partial charge is 0.497 e. The number of carbonyl (C=O) groups is 1. The van der Waals surface area contributed by atoms with E-state index in [1.54, 1.807) is 7.11 Å². The molecule has 110 valence electrons. The van der Waals surface area contributed by atoms with E-state index < -0.39 is 0 Å². The van der Waals surface area contributed by atoms with Crippen molar-refractivity contribution in [2.45, 2.75) is 44.6 Å². The van der Waals surface area contributed by atoms with E-state index in [4.69, 9.17) is 4.74 Å². The number of ether oxygens (including phenoxy) is 1. The third kappa shape index (κ3) is 4.76. The Morgan fingerprint density at radius 2 is 1.90 bits per heavy atom. The smallest absolute Gasteiger partial charge is 0.221 e. The van der Waals surface area contributed by atoms with Crippen LogP contribution in [0.5, 0.6) is 5.75 Å². The van der Waals surface area contributed by atoms with Crippen LogP contribution >= 0.6 is 0 Å². The molecule has 4 heteroatoms. The molecule has 0 radical (unpaired) electrons. The van der Waals surface area contributed by atoms with Crippen molar-refractivity contribution in [1.82, 2.24) is 5.32 Å². The summed E-state index contributed by atoms with van der Waals surface area (Å²) in [5, 5.41) is 6.37. The predicted molar refractivity (Wildman–Crippen MR) is 81.1 cm³/mol. The lowest BCUT2D eigenvalue weighted by Gasteiger charge is -2.22. The molecule has 1 aliphatic carbocycles. The second-order valence-corrected chi connectivity index (χ2v) is 5.31. The number of anilines is 1. The van der Waals surface area contributed by atoms with E-state index in [9.17, 15) is 4.79 Å². The number of methoxy groups -OCH3 is 1. The van der Waals surface area contributed by atoms with Gasteiger partial charge >= 0.3 is 0 Å². The summed E-state index contributed by atoms with van der Waals surface area (Å²) in [5.74, 6) is 0.989. The normalized spacial score (nSPS) is 15.7. The summed E-state index contributed by atoms with van der Waals surface area (Å²) in [7, 11) is 1.65. The van der Waals surface area contributed by atoms with E-state index in [1.165, 1.54) is 19.3 Å². The van der Waals surface area contributed by atoms with Gasteiger partial charge in [0, 0.05) is 24.7 Å². The summed E-state index contributed by atoms with van der Waals surface area (Å²) in [6.07, 6.45) is 6.59. The van der Waals surface area contributed by atoms with Crippen molar-refractivity contribution in [3.63, 3.8) is 0 Å². The number of rotatable bonds is 6. The maximum absolute atomic E-state index is 11.8. The molecule has 0 atom stereocenters. The van der Waals surface area contributed by atoms with Crippen LogP contribution in [0.25, 0.3) is 0 Å². The van der Waals surface area contributed by atoms with Crippen molar-refractivity contribution < 1.29 is 9.53 Å². The Balaban J connectivity index is 1.65. The van der Waals surface area contributed by atoms with E-state index in [-0.39, 0.29) is 5.91 Å². The Hall–Kier alpha value is -1.71. The average Bonchev–Trinajstić information content (AvgIpc) is 2.49. The molecule has 4 nitrogen and oxygen atoms in total. The molecule has 0 heterocycles. The van der Waals surface area contributed by atoms with Gasteiger partial charge in [0.05, 0.1) is 7.11 Å².